The van der Waals surface area contributed by atoms with Crippen molar-refractivity contribution in [3.05, 3.63) is 164 Å². The third-order valence-corrected chi connectivity index (χ3v) is 35.1. The maximum Gasteiger partial charge on any atom is 0.394 e. The summed E-state index contributed by atoms with van der Waals surface area (Å²) in [6, 6.07) is 26.7. The van der Waals surface area contributed by atoms with Crippen LogP contribution < -0.4 is 20.7 Å². The van der Waals surface area contributed by atoms with Crippen LogP contribution in [0.5, 0.6) is 11.5 Å². The van der Waals surface area contributed by atoms with Gasteiger partial charge in [0.2, 0.25) is 0 Å². The van der Waals surface area contributed by atoms with E-state index in [9.17, 15) is 45.0 Å². The molecule has 5 fully saturated rings. The van der Waals surface area contributed by atoms with Gasteiger partial charge < -0.3 is 56.4 Å². The predicted molar refractivity (Wildman–Crippen MR) is 393 cm³/mol. The summed E-state index contributed by atoms with van der Waals surface area (Å²) in [7, 11) is -6.83. The average molecular weight is 1470 g/mol. The van der Waals surface area contributed by atoms with Gasteiger partial charge in [0.05, 0.1) is 65.4 Å². The number of ether oxygens (including phenoxy) is 4. The van der Waals surface area contributed by atoms with Crippen molar-refractivity contribution >= 4 is 29.2 Å². The standard InChI is InChI=1S/C41H51FN2O8Si.C41H50N2O8Si/c1-37(2,3)53(42,38(4,5)6)52-30-16-17-39(7)29(40(30,8)23-45)20-31(50-35(47)25-14-12-24(21-43)13-15-25)41(9)34(39)33(46)32-28(51-41)19-27(49-36(32)48)26-11-10-18-44-22-26;1-37(2,3)52(38(4,5)6)47-23-40(8)29-20-31(49-35(45)25-14-12-24(21-42)13-15-25)41(9)34(39(29,7)17-16-30(40)51-52)33(44)32-28(50-41)19-27(48-36(32)46)26-11-10-18-43-22-26/h10-15,18-19,22,29-31,33-34,45-46H,16-17,20,23H2,1-9H3;10-15,18-19,22,29-31,33-34,44H,16-17,20,23H2,1-9H3/t2*29?,30-,31-,33-,34?,39-,40-,41+/m00/s1. The van der Waals surface area contributed by atoms with E-state index in [4.69, 9.17) is 41.1 Å². The lowest BCUT2D eigenvalue weighted by Crippen LogP contribution is -2.74. The van der Waals surface area contributed by atoms with Gasteiger partial charge in [-0.05, 0) is 148 Å². The van der Waals surface area contributed by atoms with Crippen LogP contribution >= 0.6 is 0 Å². The number of fused-ring (bicyclic) bond motifs is 10. The monoisotopic (exact) mass is 1470 g/mol. The first-order valence-corrected chi connectivity index (χ1v) is 40.2. The summed E-state index contributed by atoms with van der Waals surface area (Å²) in [6.07, 6.45) is 3.89. The van der Waals surface area contributed by atoms with Crippen molar-refractivity contribution in [2.24, 2.45) is 45.3 Å². The molecule has 0 radical (unpaired) electrons. The molecule has 23 heteroatoms. The highest BCUT2D eigenvalue weighted by atomic mass is 28.4. The van der Waals surface area contributed by atoms with E-state index in [1.54, 1.807) is 92.4 Å². The molecule has 4 aliphatic carbocycles. The third-order valence-electron chi connectivity index (χ3n) is 25.5. The Morgan fingerprint density at radius 1 is 0.619 bits per heavy atom. The number of pyridine rings is 2. The van der Waals surface area contributed by atoms with Crippen LogP contribution in [0.4, 0.5) is 4.11 Å². The molecule has 6 aromatic rings. The molecule has 7 heterocycles. The molecule has 105 heavy (non-hydrogen) atoms. The van der Waals surface area contributed by atoms with Crippen LogP contribution in [0.15, 0.2) is 128 Å². The van der Waals surface area contributed by atoms with Crippen LogP contribution in [0.1, 0.15) is 218 Å². The number of halogens is 1. The Morgan fingerprint density at radius 3 is 1.43 bits per heavy atom. The Labute approximate surface area is 616 Å². The number of hydrogen-bond acceptors (Lipinski definition) is 20. The van der Waals surface area contributed by atoms with Gasteiger partial charge >= 0.3 is 40.4 Å². The Hall–Kier alpha value is -7.72. The normalized spacial score (nSPS) is 32.4. The molecular weight excluding hydrogens is 1370 g/mol. The van der Waals surface area contributed by atoms with E-state index in [1.807, 2.05) is 68.4 Å². The zero-order valence-electron chi connectivity index (χ0n) is 63.6. The number of esters is 2. The van der Waals surface area contributed by atoms with Crippen molar-refractivity contribution in [3.63, 3.8) is 0 Å². The molecule has 560 valence electrons. The molecule has 16 atom stereocenters. The van der Waals surface area contributed by atoms with E-state index >= 15 is 4.11 Å². The van der Waals surface area contributed by atoms with E-state index in [-0.39, 0.29) is 74.8 Å². The Bertz CT molecular complexity index is 4490. The fourth-order valence-electron chi connectivity index (χ4n) is 20.6. The second-order valence-corrected chi connectivity index (χ2v) is 45.2. The molecule has 0 bridgehead atoms. The van der Waals surface area contributed by atoms with Gasteiger partial charge in [-0.15, -0.1) is 0 Å². The molecule has 1 saturated heterocycles. The van der Waals surface area contributed by atoms with Crippen molar-refractivity contribution in [2.75, 3.05) is 13.2 Å². The number of benzene rings is 2. The van der Waals surface area contributed by atoms with E-state index < -0.39 is 132 Å². The zero-order valence-corrected chi connectivity index (χ0v) is 65.6. The number of aliphatic hydroxyl groups excluding tert-OH is 3. The lowest BCUT2D eigenvalue weighted by Gasteiger charge is -2.69. The minimum absolute atomic E-state index is 0.0427. The van der Waals surface area contributed by atoms with Gasteiger partial charge in [-0.25, -0.2) is 19.2 Å². The number of carbonyl (C=O) groups is 2. The molecule has 4 saturated carbocycles. The molecular formula is C82H101FN4O16Si2. The first-order valence-electron chi connectivity index (χ1n) is 36.6. The number of hydrogen-bond donors (Lipinski definition) is 3. The van der Waals surface area contributed by atoms with E-state index in [2.05, 4.69) is 71.4 Å². The highest BCUT2D eigenvalue weighted by Crippen LogP contribution is 2.72. The molecule has 3 N–H and O–H groups in total. The van der Waals surface area contributed by atoms with Gasteiger partial charge in [0.1, 0.15) is 57.6 Å². The van der Waals surface area contributed by atoms with Gasteiger partial charge in [0.25, 0.3) is 0 Å². The topological polar surface area (TPSA) is 293 Å². The van der Waals surface area contributed by atoms with Crippen molar-refractivity contribution < 1.29 is 70.1 Å². The van der Waals surface area contributed by atoms with Gasteiger partial charge in [-0.2, -0.15) is 10.5 Å². The van der Waals surface area contributed by atoms with E-state index in [0.29, 0.717) is 60.1 Å². The highest BCUT2D eigenvalue weighted by Gasteiger charge is 2.75. The quantitative estimate of drug-likeness (QED) is 0.0688. The number of rotatable bonds is 9. The highest BCUT2D eigenvalue weighted by molar-refractivity contribution is 6.73. The first kappa shape index (κ1) is 76.9. The molecule has 0 spiro atoms. The number of carbonyl (C=O) groups excluding carboxylic acids is 2. The maximum atomic E-state index is 17.5. The Morgan fingerprint density at radius 2 is 1.04 bits per heavy atom. The molecule has 2 aromatic carbocycles. The lowest BCUT2D eigenvalue weighted by molar-refractivity contribution is -0.270. The van der Waals surface area contributed by atoms with Crippen molar-refractivity contribution in [3.8, 4) is 46.3 Å². The average Bonchev–Trinajstić information content (AvgIpc) is 0.683. The van der Waals surface area contributed by atoms with Crippen molar-refractivity contribution in [2.45, 2.75) is 231 Å². The van der Waals surface area contributed by atoms with Gasteiger partial charge in [-0.1, -0.05) is 111 Å². The number of aromatic nitrogens is 2. The molecule has 20 nitrogen and oxygen atoms in total. The second-order valence-electron chi connectivity index (χ2n) is 36.0. The zero-order chi connectivity index (χ0) is 76.6. The lowest BCUT2D eigenvalue weighted by atomic mass is 9.42. The molecule has 0 amide bonds. The molecule has 4 aromatic heterocycles. The van der Waals surface area contributed by atoms with Crippen LogP contribution in [-0.4, -0.2) is 103 Å². The van der Waals surface area contributed by atoms with Crippen molar-refractivity contribution in [1.82, 2.24) is 9.97 Å². The van der Waals surface area contributed by atoms with Crippen LogP contribution in [-0.2, 0) is 22.8 Å². The number of nitriles is 2. The largest absolute Gasteiger partial charge is 0.482 e. The van der Waals surface area contributed by atoms with Crippen LogP contribution in [0, 0.1) is 68.0 Å². The fourth-order valence-corrected chi connectivity index (χ4v) is 29.5. The van der Waals surface area contributed by atoms with Crippen LogP contribution in [0.2, 0.25) is 20.2 Å². The fraction of sp³-hybridized carbons (Fsp3) is 0.561. The summed E-state index contributed by atoms with van der Waals surface area (Å²) in [6.45, 7) is 36.5. The minimum Gasteiger partial charge on any atom is -0.482 e. The van der Waals surface area contributed by atoms with Crippen molar-refractivity contribution in [1.29, 1.82) is 10.5 Å². The van der Waals surface area contributed by atoms with Gasteiger partial charge in [0, 0.05) is 97.5 Å². The molecule has 4 unspecified atom stereocenters. The Balaban J connectivity index is 0.000000197. The SMILES string of the molecule is CC(C)(C)[Si](F)(O[C@H]1CC[C@@]2(C)C(C[C@H](OC(=O)c3ccc(C#N)cc3)[C@@]3(C)Oc4cc(-c5cccnc5)oc(=O)c4[C@H](O)C23)[C@]1(C)CO)C(C)(C)C.CC(C)(C)[Si]1(C(C)(C)C)OC[C@@]2(C)C3C[C@H](OC(=O)c4ccc(C#N)cc4)[C@@]4(C)Oc5cc(-c6cccnc6)oc(=O)c5[C@H](O)C4[C@@]3(C)CC[C@@H]2O1. The summed E-state index contributed by atoms with van der Waals surface area (Å²) >= 11 is 0. The van der Waals surface area contributed by atoms with Crippen LogP contribution in [0.25, 0.3) is 22.6 Å². The summed E-state index contributed by atoms with van der Waals surface area (Å²) < 4.78 is 76.8. The Kier molecular flexibility index (Phi) is 19.5. The van der Waals surface area contributed by atoms with E-state index in [1.165, 1.54) is 24.3 Å². The third kappa shape index (κ3) is 12.4. The summed E-state index contributed by atoms with van der Waals surface area (Å²) in [5, 5.41) is 52.9. The smallest absolute Gasteiger partial charge is 0.394 e. The summed E-state index contributed by atoms with van der Waals surface area (Å²) in [4.78, 5) is 63.6. The summed E-state index contributed by atoms with van der Waals surface area (Å²) in [5.74, 6) is -2.61. The number of aliphatic hydroxyl groups is 3. The van der Waals surface area contributed by atoms with Gasteiger partial charge in [0.15, 0.2) is 0 Å². The maximum absolute atomic E-state index is 17.5. The molecule has 7 aliphatic rings. The predicted octanol–water partition coefficient (Wildman–Crippen LogP) is 15.7. The number of nitrogens with zero attached hydrogens (tertiary/aromatic N) is 4. The molecule has 3 aliphatic heterocycles. The second kappa shape index (κ2) is 26.6. The molecule has 13 rings (SSSR count). The van der Waals surface area contributed by atoms with Crippen LogP contribution in [0.3, 0.4) is 0 Å². The first-order chi connectivity index (χ1) is 48.9. The minimum atomic E-state index is -4.02. The summed E-state index contributed by atoms with van der Waals surface area (Å²) in [5.41, 5.74) is -4.57. The van der Waals surface area contributed by atoms with E-state index in [0.717, 1.165) is 6.42 Å². The van der Waals surface area contributed by atoms with Gasteiger partial charge in [-0.3, -0.25) is 14.1 Å².